The van der Waals surface area contributed by atoms with Crippen LogP contribution >= 0.6 is 0 Å². The Morgan fingerprint density at radius 3 is 2.14 bits per heavy atom. The summed E-state index contributed by atoms with van der Waals surface area (Å²) in [4.78, 5) is 12.7. The first-order valence-electron chi connectivity index (χ1n) is 10.8. The molecule has 2 aromatic carbocycles. The average molecular weight is 506 g/mol. The number of rotatable bonds is 7. The van der Waals surface area contributed by atoms with Gasteiger partial charge in [-0.25, -0.2) is 0 Å². The highest BCUT2D eigenvalue weighted by molar-refractivity contribution is 5.86. The summed E-state index contributed by atoms with van der Waals surface area (Å²) in [7, 11) is 4.10. The minimum Gasteiger partial charge on any atom is -0.507 e. The lowest BCUT2D eigenvalue weighted by molar-refractivity contribution is -0.277. The number of hydrogen-bond acceptors (Lipinski definition) is 12. The van der Waals surface area contributed by atoms with E-state index in [9.17, 15) is 30.3 Å². The number of fused-ring (bicyclic) bond motifs is 1. The predicted octanol–water partition coefficient (Wildman–Crippen LogP) is 0.370. The van der Waals surface area contributed by atoms with E-state index in [1.807, 2.05) is 0 Å². The van der Waals surface area contributed by atoms with E-state index in [4.69, 9.17) is 28.1 Å². The summed E-state index contributed by atoms with van der Waals surface area (Å²) < 4.78 is 33.0. The van der Waals surface area contributed by atoms with Crippen molar-refractivity contribution < 1.29 is 53.6 Å². The zero-order valence-corrected chi connectivity index (χ0v) is 19.6. The molecule has 2 heterocycles. The second-order valence-electron chi connectivity index (χ2n) is 8.02. The summed E-state index contributed by atoms with van der Waals surface area (Å²) in [6.45, 7) is -0.626. The molecule has 3 aromatic rings. The molecule has 0 saturated carbocycles. The Morgan fingerprint density at radius 1 is 0.889 bits per heavy atom. The number of phenolic OH excluding ortho intramolecular Hbond substituents is 1. The molecule has 1 aliphatic rings. The minimum atomic E-state index is -1.65. The van der Waals surface area contributed by atoms with Crippen LogP contribution in [0.1, 0.15) is 0 Å². The molecule has 0 aliphatic carbocycles. The highest BCUT2D eigenvalue weighted by atomic mass is 16.7. The van der Waals surface area contributed by atoms with Crippen LogP contribution in [0.3, 0.4) is 0 Å². The van der Waals surface area contributed by atoms with Crippen LogP contribution in [0, 0.1) is 0 Å². The summed E-state index contributed by atoms with van der Waals surface area (Å²) in [5, 5.41) is 50.0. The van der Waals surface area contributed by atoms with E-state index in [0.29, 0.717) is 11.3 Å². The fourth-order valence-corrected chi connectivity index (χ4v) is 3.92. The number of aliphatic hydroxyl groups is 4. The Kier molecular flexibility index (Phi) is 7.24. The van der Waals surface area contributed by atoms with Gasteiger partial charge in [0.15, 0.2) is 16.9 Å². The van der Waals surface area contributed by atoms with Gasteiger partial charge in [0, 0.05) is 23.8 Å². The molecule has 5 atom stereocenters. The van der Waals surface area contributed by atoms with Gasteiger partial charge in [0.05, 0.1) is 27.9 Å². The number of benzene rings is 2. The fraction of sp³-hybridized carbons (Fsp3) is 0.375. The highest BCUT2D eigenvalue weighted by Gasteiger charge is 2.45. The average Bonchev–Trinajstić information content (AvgIpc) is 2.88. The van der Waals surface area contributed by atoms with Crippen LogP contribution in [-0.2, 0) is 4.74 Å². The van der Waals surface area contributed by atoms with Crippen LogP contribution in [0.25, 0.3) is 22.3 Å². The molecule has 194 valence electrons. The number of phenols is 1. The van der Waals surface area contributed by atoms with Crippen molar-refractivity contribution in [2.75, 3.05) is 27.9 Å². The van der Waals surface area contributed by atoms with Crippen LogP contribution < -0.4 is 24.4 Å². The fourth-order valence-electron chi connectivity index (χ4n) is 3.92. The molecule has 4 rings (SSSR count). The van der Waals surface area contributed by atoms with Crippen molar-refractivity contribution in [3.8, 4) is 40.1 Å². The molecule has 5 N–H and O–H groups in total. The van der Waals surface area contributed by atoms with Gasteiger partial charge in [0.1, 0.15) is 52.6 Å². The van der Waals surface area contributed by atoms with Gasteiger partial charge >= 0.3 is 0 Å². The molecular weight excluding hydrogens is 480 g/mol. The molecule has 12 heteroatoms. The van der Waals surface area contributed by atoms with E-state index < -0.39 is 42.7 Å². The lowest BCUT2D eigenvalue weighted by Gasteiger charge is -2.39. The number of methoxy groups -OCH3 is 3. The topological polar surface area (TPSA) is 178 Å². The monoisotopic (exact) mass is 506 g/mol. The number of hydrogen-bond donors (Lipinski definition) is 5. The Balaban J connectivity index is 1.77. The Bertz CT molecular complexity index is 1280. The standard InChI is InChI=1S/C24H26O12/c1-31-11-6-12(26)19-13(27)8-14(34-15(19)7-11)10-4-16(32-2)23(17(5-10)33-3)36-24-22(30)21(29)20(28)18(9-25)35-24/h4-8,18,20-22,24-26,28-30H,9H2,1-3H3/t18-,20+,21-,22-,24-/m1/s1. The minimum absolute atomic E-state index is 0.0129. The lowest BCUT2D eigenvalue weighted by Crippen LogP contribution is -2.60. The summed E-state index contributed by atoms with van der Waals surface area (Å²) in [6, 6.07) is 6.92. The van der Waals surface area contributed by atoms with E-state index in [0.717, 1.165) is 0 Å². The molecule has 0 bridgehead atoms. The maximum atomic E-state index is 12.7. The van der Waals surface area contributed by atoms with Crippen molar-refractivity contribution in [2.24, 2.45) is 0 Å². The molecule has 12 nitrogen and oxygen atoms in total. The third-order valence-electron chi connectivity index (χ3n) is 5.85. The van der Waals surface area contributed by atoms with Crippen molar-refractivity contribution in [1.29, 1.82) is 0 Å². The van der Waals surface area contributed by atoms with Crippen molar-refractivity contribution in [1.82, 2.24) is 0 Å². The molecule has 1 fully saturated rings. The first-order chi connectivity index (χ1) is 17.2. The molecule has 1 aliphatic heterocycles. The maximum Gasteiger partial charge on any atom is 0.229 e. The van der Waals surface area contributed by atoms with Crippen molar-refractivity contribution in [3.63, 3.8) is 0 Å². The molecule has 1 saturated heterocycles. The zero-order valence-electron chi connectivity index (χ0n) is 19.6. The SMILES string of the molecule is COc1cc(O)c2c(=O)cc(-c3cc(OC)c(O[C@H]4O[C@H](CO)[C@H](O)[C@@H](O)[C@H]4O)c(OC)c3)oc2c1. The first-order valence-corrected chi connectivity index (χ1v) is 10.8. The normalized spacial score (nSPS) is 23.9. The van der Waals surface area contributed by atoms with E-state index in [1.165, 1.54) is 51.7 Å². The molecule has 0 spiro atoms. The van der Waals surface area contributed by atoms with Gasteiger partial charge in [0.25, 0.3) is 0 Å². The van der Waals surface area contributed by atoms with Crippen LogP contribution in [0.2, 0.25) is 0 Å². The number of aliphatic hydroxyl groups excluding tert-OH is 4. The van der Waals surface area contributed by atoms with Crippen LogP contribution in [-0.4, -0.2) is 84.2 Å². The van der Waals surface area contributed by atoms with Gasteiger partial charge in [-0.1, -0.05) is 0 Å². The van der Waals surface area contributed by atoms with Crippen molar-refractivity contribution in [3.05, 3.63) is 40.6 Å². The van der Waals surface area contributed by atoms with Gasteiger partial charge in [-0.05, 0) is 12.1 Å². The van der Waals surface area contributed by atoms with Gasteiger partial charge in [-0.3, -0.25) is 4.79 Å². The van der Waals surface area contributed by atoms with E-state index >= 15 is 0 Å². The third kappa shape index (κ3) is 4.52. The van der Waals surface area contributed by atoms with Crippen LogP contribution in [0.15, 0.2) is 39.5 Å². The largest absolute Gasteiger partial charge is 0.507 e. The maximum absolute atomic E-state index is 12.7. The lowest BCUT2D eigenvalue weighted by atomic mass is 9.99. The predicted molar refractivity (Wildman–Crippen MR) is 124 cm³/mol. The Hall–Kier alpha value is -3.55. The van der Waals surface area contributed by atoms with Crippen LogP contribution in [0.5, 0.6) is 28.7 Å². The number of aromatic hydroxyl groups is 1. The first kappa shape index (κ1) is 25.5. The second kappa shape index (κ2) is 10.2. The molecule has 0 unspecified atom stereocenters. The van der Waals surface area contributed by atoms with E-state index in [-0.39, 0.29) is 39.7 Å². The van der Waals surface area contributed by atoms with Gasteiger partial charge in [0.2, 0.25) is 12.0 Å². The smallest absolute Gasteiger partial charge is 0.229 e. The molecule has 0 radical (unpaired) electrons. The highest BCUT2D eigenvalue weighted by Crippen LogP contribution is 2.43. The van der Waals surface area contributed by atoms with Crippen molar-refractivity contribution in [2.45, 2.75) is 30.7 Å². The Labute approximate surface area is 204 Å². The number of ether oxygens (including phenoxy) is 5. The van der Waals surface area contributed by atoms with Crippen molar-refractivity contribution >= 4 is 11.0 Å². The zero-order chi connectivity index (χ0) is 26.1. The summed E-state index contributed by atoms with van der Waals surface area (Å²) in [5.74, 6) is 0.295. The molecule has 0 amide bonds. The van der Waals surface area contributed by atoms with Crippen LogP contribution in [0.4, 0.5) is 0 Å². The third-order valence-corrected chi connectivity index (χ3v) is 5.85. The Morgan fingerprint density at radius 2 is 1.56 bits per heavy atom. The van der Waals surface area contributed by atoms with Gasteiger partial charge < -0.3 is 53.6 Å². The van der Waals surface area contributed by atoms with E-state index in [1.54, 1.807) is 0 Å². The van der Waals surface area contributed by atoms with Gasteiger partial charge in [-0.2, -0.15) is 0 Å². The summed E-state index contributed by atoms with van der Waals surface area (Å²) in [5.41, 5.74) is -0.0499. The summed E-state index contributed by atoms with van der Waals surface area (Å²) in [6.07, 6.45) is -7.51. The quantitative estimate of drug-likeness (QED) is 0.298. The molecular formula is C24H26O12. The van der Waals surface area contributed by atoms with Gasteiger partial charge in [-0.15, -0.1) is 0 Å². The van der Waals surface area contributed by atoms with E-state index in [2.05, 4.69) is 0 Å². The summed E-state index contributed by atoms with van der Waals surface area (Å²) >= 11 is 0. The second-order valence-corrected chi connectivity index (χ2v) is 8.02. The molecule has 36 heavy (non-hydrogen) atoms. The molecule has 1 aromatic heterocycles.